The molecule has 2 rings (SSSR count). The van der Waals surface area contributed by atoms with Crippen LogP contribution in [-0.4, -0.2) is 6.61 Å². The summed E-state index contributed by atoms with van der Waals surface area (Å²) < 4.78 is 5.92. The number of benzene rings is 2. The molecule has 0 aliphatic carbocycles. The smallest absolute Gasteiger partial charge is 0.125 e. The third kappa shape index (κ3) is 4.11. The number of hydrogen-bond acceptors (Lipinski definition) is 3. The molecular weight excluding hydrogens is 284 g/mol. The van der Waals surface area contributed by atoms with Gasteiger partial charge in [0.2, 0.25) is 0 Å². The first-order chi connectivity index (χ1) is 11.0. The second-order valence-electron chi connectivity index (χ2n) is 5.78. The first-order valence-electron chi connectivity index (χ1n) is 7.65. The van der Waals surface area contributed by atoms with E-state index in [2.05, 4.69) is 31.2 Å². The summed E-state index contributed by atoms with van der Waals surface area (Å²) in [5.41, 5.74) is 4.89. The Hall–Kier alpha value is -2.78. The maximum Gasteiger partial charge on any atom is 0.125 e. The van der Waals surface area contributed by atoms with Crippen molar-refractivity contribution < 1.29 is 4.74 Å². The maximum atomic E-state index is 9.40. The lowest BCUT2D eigenvalue weighted by molar-refractivity contribution is 0.302. The van der Waals surface area contributed by atoms with Gasteiger partial charge in [0.05, 0.1) is 30.2 Å². The summed E-state index contributed by atoms with van der Waals surface area (Å²) in [5.74, 6) is 0.632. The SMILES string of the molecule is Cc1cc(C)c(OCCC(C#N)c2cccc(C#N)c2)c(C)c1. The van der Waals surface area contributed by atoms with Gasteiger partial charge < -0.3 is 4.74 Å². The average molecular weight is 304 g/mol. The van der Waals surface area contributed by atoms with E-state index in [1.54, 1.807) is 12.1 Å². The first kappa shape index (κ1) is 16.6. The molecule has 0 N–H and O–H groups in total. The van der Waals surface area contributed by atoms with E-state index in [0.29, 0.717) is 18.6 Å². The molecule has 0 saturated heterocycles. The van der Waals surface area contributed by atoms with Crippen LogP contribution in [0.3, 0.4) is 0 Å². The second kappa shape index (κ2) is 7.47. The van der Waals surface area contributed by atoms with Crippen LogP contribution in [0, 0.1) is 43.4 Å². The largest absolute Gasteiger partial charge is 0.493 e. The van der Waals surface area contributed by atoms with Crippen molar-refractivity contribution in [3.05, 3.63) is 64.2 Å². The van der Waals surface area contributed by atoms with E-state index in [1.165, 1.54) is 5.56 Å². The first-order valence-corrected chi connectivity index (χ1v) is 7.65. The molecule has 0 saturated carbocycles. The molecule has 3 nitrogen and oxygen atoms in total. The fraction of sp³-hybridized carbons (Fsp3) is 0.300. The number of ether oxygens (including phenoxy) is 1. The molecular formula is C20H20N2O. The van der Waals surface area contributed by atoms with E-state index in [0.717, 1.165) is 22.4 Å². The molecule has 3 heteroatoms. The van der Waals surface area contributed by atoms with E-state index < -0.39 is 0 Å². The normalized spacial score (nSPS) is 11.3. The van der Waals surface area contributed by atoms with Crippen LogP contribution in [0.5, 0.6) is 5.75 Å². The maximum absolute atomic E-state index is 9.40. The van der Waals surface area contributed by atoms with E-state index in [4.69, 9.17) is 10.00 Å². The Morgan fingerprint density at radius 3 is 2.35 bits per heavy atom. The highest BCUT2D eigenvalue weighted by molar-refractivity contribution is 5.43. The average Bonchev–Trinajstić information content (AvgIpc) is 2.53. The number of rotatable bonds is 5. The van der Waals surface area contributed by atoms with Crippen LogP contribution in [-0.2, 0) is 0 Å². The molecule has 23 heavy (non-hydrogen) atoms. The molecule has 2 aromatic rings. The Bertz CT molecular complexity index is 758. The van der Waals surface area contributed by atoms with Gasteiger partial charge in [0.15, 0.2) is 0 Å². The van der Waals surface area contributed by atoms with E-state index in [-0.39, 0.29) is 5.92 Å². The quantitative estimate of drug-likeness (QED) is 0.813. The van der Waals surface area contributed by atoms with Crippen LogP contribution in [0.2, 0.25) is 0 Å². The number of nitriles is 2. The van der Waals surface area contributed by atoms with Crippen molar-refractivity contribution in [2.75, 3.05) is 6.61 Å². The summed E-state index contributed by atoms with van der Waals surface area (Å²) in [5, 5.41) is 18.4. The lowest BCUT2D eigenvalue weighted by atomic mass is 9.96. The molecule has 0 fully saturated rings. The molecule has 0 amide bonds. The number of aryl methyl sites for hydroxylation is 3. The van der Waals surface area contributed by atoms with Crippen molar-refractivity contribution in [2.45, 2.75) is 33.1 Å². The standard InChI is InChI=1S/C20H20N2O/c1-14-9-15(2)20(16(3)10-14)23-8-7-19(13-22)18-6-4-5-17(11-18)12-21/h4-6,9-11,19H,7-8H2,1-3H3. The van der Waals surface area contributed by atoms with Crippen LogP contribution >= 0.6 is 0 Å². The van der Waals surface area contributed by atoms with Crippen molar-refractivity contribution >= 4 is 0 Å². The van der Waals surface area contributed by atoms with Crippen LogP contribution in [0.1, 0.15) is 40.2 Å². The minimum Gasteiger partial charge on any atom is -0.493 e. The lowest BCUT2D eigenvalue weighted by Gasteiger charge is -2.15. The Balaban J connectivity index is 2.05. The zero-order chi connectivity index (χ0) is 16.8. The highest BCUT2D eigenvalue weighted by Crippen LogP contribution is 2.26. The summed E-state index contributed by atoms with van der Waals surface area (Å²) in [6.07, 6.45) is 0.595. The zero-order valence-corrected chi connectivity index (χ0v) is 13.8. The van der Waals surface area contributed by atoms with Crippen LogP contribution < -0.4 is 4.74 Å². The molecule has 1 atom stereocenters. The predicted molar refractivity (Wildman–Crippen MR) is 90.3 cm³/mol. The highest BCUT2D eigenvalue weighted by Gasteiger charge is 2.12. The molecule has 0 aromatic heterocycles. The van der Waals surface area contributed by atoms with Gasteiger partial charge in [-0.2, -0.15) is 10.5 Å². The van der Waals surface area contributed by atoms with Gasteiger partial charge >= 0.3 is 0 Å². The molecule has 0 bridgehead atoms. The minimum absolute atomic E-state index is 0.269. The summed E-state index contributed by atoms with van der Waals surface area (Å²) in [4.78, 5) is 0. The summed E-state index contributed by atoms with van der Waals surface area (Å²) in [7, 11) is 0. The minimum atomic E-state index is -0.269. The van der Waals surface area contributed by atoms with Gasteiger partial charge in [-0.25, -0.2) is 0 Å². The third-order valence-electron chi connectivity index (χ3n) is 3.83. The van der Waals surface area contributed by atoms with Gasteiger partial charge in [-0.1, -0.05) is 29.8 Å². The second-order valence-corrected chi connectivity index (χ2v) is 5.78. The zero-order valence-electron chi connectivity index (χ0n) is 13.8. The Labute approximate surface area is 137 Å². The lowest BCUT2D eigenvalue weighted by Crippen LogP contribution is -2.06. The number of hydrogen-bond donors (Lipinski definition) is 0. The fourth-order valence-electron chi connectivity index (χ4n) is 2.80. The van der Waals surface area contributed by atoms with Crippen LogP contribution in [0.4, 0.5) is 0 Å². The van der Waals surface area contributed by atoms with Crippen molar-refractivity contribution in [3.8, 4) is 17.9 Å². The summed E-state index contributed by atoms with van der Waals surface area (Å²) >= 11 is 0. The molecule has 0 heterocycles. The van der Waals surface area contributed by atoms with Gasteiger partial charge in [-0.15, -0.1) is 0 Å². The molecule has 0 spiro atoms. The summed E-state index contributed by atoms with van der Waals surface area (Å²) in [6, 6.07) is 15.8. The van der Waals surface area contributed by atoms with Gasteiger partial charge in [0, 0.05) is 6.42 Å². The summed E-state index contributed by atoms with van der Waals surface area (Å²) in [6.45, 7) is 6.61. The Kier molecular flexibility index (Phi) is 5.39. The van der Waals surface area contributed by atoms with E-state index >= 15 is 0 Å². The van der Waals surface area contributed by atoms with Crippen LogP contribution in [0.15, 0.2) is 36.4 Å². The topological polar surface area (TPSA) is 56.8 Å². The van der Waals surface area contributed by atoms with Gasteiger partial charge in [0.1, 0.15) is 5.75 Å². The van der Waals surface area contributed by atoms with Crippen molar-refractivity contribution in [1.82, 2.24) is 0 Å². The van der Waals surface area contributed by atoms with Gasteiger partial charge in [-0.3, -0.25) is 0 Å². The van der Waals surface area contributed by atoms with E-state index in [1.807, 2.05) is 26.0 Å². The molecule has 0 radical (unpaired) electrons. The van der Waals surface area contributed by atoms with Crippen LogP contribution in [0.25, 0.3) is 0 Å². The third-order valence-corrected chi connectivity index (χ3v) is 3.83. The molecule has 0 aliphatic rings. The predicted octanol–water partition coefficient (Wildman–Crippen LogP) is 4.56. The van der Waals surface area contributed by atoms with Crippen molar-refractivity contribution in [3.63, 3.8) is 0 Å². The molecule has 0 aliphatic heterocycles. The fourth-order valence-corrected chi connectivity index (χ4v) is 2.80. The number of nitrogens with zero attached hydrogens (tertiary/aromatic N) is 2. The van der Waals surface area contributed by atoms with E-state index in [9.17, 15) is 5.26 Å². The molecule has 116 valence electrons. The Morgan fingerprint density at radius 2 is 1.74 bits per heavy atom. The van der Waals surface area contributed by atoms with Gasteiger partial charge in [0.25, 0.3) is 0 Å². The van der Waals surface area contributed by atoms with Gasteiger partial charge in [-0.05, 0) is 49.6 Å². The monoisotopic (exact) mass is 304 g/mol. The van der Waals surface area contributed by atoms with Crippen molar-refractivity contribution in [1.29, 1.82) is 10.5 Å². The molecule has 2 aromatic carbocycles. The Morgan fingerprint density at radius 1 is 1.04 bits per heavy atom. The highest BCUT2D eigenvalue weighted by atomic mass is 16.5. The van der Waals surface area contributed by atoms with Crippen molar-refractivity contribution in [2.24, 2.45) is 0 Å². The molecule has 1 unspecified atom stereocenters.